The molecule has 0 aliphatic carbocycles. The van der Waals surface area contributed by atoms with Gasteiger partial charge in [0, 0.05) is 43.8 Å². The van der Waals surface area contributed by atoms with Gasteiger partial charge >= 0.3 is 0 Å². The molecule has 1 aliphatic heterocycles. The summed E-state index contributed by atoms with van der Waals surface area (Å²) in [5.74, 6) is 1.08. The molecule has 0 spiro atoms. The summed E-state index contributed by atoms with van der Waals surface area (Å²) in [7, 11) is 0. The summed E-state index contributed by atoms with van der Waals surface area (Å²) in [4.78, 5) is 9.67. The molecule has 4 heteroatoms. The highest BCUT2D eigenvalue weighted by Gasteiger charge is 2.18. The molecule has 0 saturated carbocycles. The van der Waals surface area contributed by atoms with Crippen molar-refractivity contribution < 1.29 is 0 Å². The Morgan fingerprint density at radius 3 is 2.54 bits per heavy atom. The Morgan fingerprint density at radius 1 is 0.875 bits per heavy atom. The summed E-state index contributed by atoms with van der Waals surface area (Å²) in [6.07, 6.45) is 0. The maximum atomic E-state index is 5.87. The summed E-state index contributed by atoms with van der Waals surface area (Å²) >= 11 is 0. The Balaban J connectivity index is 1.41. The van der Waals surface area contributed by atoms with Gasteiger partial charge in [0.15, 0.2) is 0 Å². The van der Waals surface area contributed by atoms with Crippen molar-refractivity contribution in [3.05, 3.63) is 66.2 Å². The lowest BCUT2D eigenvalue weighted by Gasteiger charge is -2.35. The van der Waals surface area contributed by atoms with Crippen molar-refractivity contribution in [1.29, 1.82) is 0 Å². The SMILES string of the molecule is Nc1cccc(CN2CCN(c3ccc4ccccc4n3)CC2)c1. The number of nitrogens with two attached hydrogens (primary N) is 1. The van der Waals surface area contributed by atoms with Crippen molar-refractivity contribution in [3.8, 4) is 0 Å². The van der Waals surface area contributed by atoms with E-state index in [1.54, 1.807) is 0 Å². The number of benzene rings is 2. The van der Waals surface area contributed by atoms with Gasteiger partial charge in [0.1, 0.15) is 5.82 Å². The third-order valence-corrected chi connectivity index (χ3v) is 4.64. The first-order chi connectivity index (χ1) is 11.8. The molecule has 1 aromatic heterocycles. The molecule has 122 valence electrons. The van der Waals surface area contributed by atoms with Crippen LogP contribution in [0.15, 0.2) is 60.7 Å². The highest BCUT2D eigenvalue weighted by atomic mass is 15.3. The number of anilines is 2. The summed E-state index contributed by atoms with van der Waals surface area (Å²) in [6.45, 7) is 5.07. The van der Waals surface area contributed by atoms with Gasteiger partial charge in [-0.15, -0.1) is 0 Å². The molecule has 4 nitrogen and oxygen atoms in total. The minimum Gasteiger partial charge on any atom is -0.399 e. The van der Waals surface area contributed by atoms with Crippen molar-refractivity contribution >= 4 is 22.4 Å². The number of rotatable bonds is 3. The predicted molar refractivity (Wildman–Crippen MR) is 100 cm³/mol. The van der Waals surface area contributed by atoms with Crippen LogP contribution < -0.4 is 10.6 Å². The second-order valence-electron chi connectivity index (χ2n) is 6.37. The Labute approximate surface area is 142 Å². The Bertz CT molecular complexity index is 838. The molecular formula is C20H22N4. The van der Waals surface area contributed by atoms with Crippen LogP contribution in [0.4, 0.5) is 11.5 Å². The van der Waals surface area contributed by atoms with E-state index in [0.717, 1.165) is 49.7 Å². The molecule has 1 fully saturated rings. The average Bonchev–Trinajstić information content (AvgIpc) is 2.62. The van der Waals surface area contributed by atoms with Crippen LogP contribution in [0.1, 0.15) is 5.56 Å². The highest BCUT2D eigenvalue weighted by molar-refractivity contribution is 5.80. The van der Waals surface area contributed by atoms with Gasteiger partial charge < -0.3 is 10.6 Å². The van der Waals surface area contributed by atoms with Crippen LogP contribution in [0.5, 0.6) is 0 Å². The number of nitrogens with zero attached hydrogens (tertiary/aromatic N) is 3. The molecule has 1 saturated heterocycles. The second kappa shape index (κ2) is 6.49. The fourth-order valence-corrected chi connectivity index (χ4v) is 3.32. The van der Waals surface area contributed by atoms with Gasteiger partial charge in [-0.1, -0.05) is 30.3 Å². The lowest BCUT2D eigenvalue weighted by atomic mass is 10.1. The van der Waals surface area contributed by atoms with Gasteiger partial charge in [-0.3, -0.25) is 4.90 Å². The molecule has 0 amide bonds. The van der Waals surface area contributed by atoms with E-state index in [1.165, 1.54) is 10.9 Å². The monoisotopic (exact) mass is 318 g/mol. The Hall–Kier alpha value is -2.59. The standard InChI is InChI=1S/C20H22N4/c21-18-6-3-4-16(14-18)15-23-10-12-24(13-11-23)20-9-8-17-5-1-2-7-19(17)22-20/h1-9,14H,10-13,15,21H2. The first-order valence-electron chi connectivity index (χ1n) is 8.45. The van der Waals surface area contributed by atoms with Crippen molar-refractivity contribution in [1.82, 2.24) is 9.88 Å². The Morgan fingerprint density at radius 2 is 1.71 bits per heavy atom. The number of fused-ring (bicyclic) bond motifs is 1. The Kier molecular flexibility index (Phi) is 4.05. The van der Waals surface area contributed by atoms with E-state index in [4.69, 9.17) is 10.7 Å². The molecule has 0 atom stereocenters. The van der Waals surface area contributed by atoms with Crippen LogP contribution in [0, 0.1) is 0 Å². The normalized spacial score (nSPS) is 15.8. The number of aromatic nitrogens is 1. The van der Waals surface area contributed by atoms with Crippen molar-refractivity contribution in [2.75, 3.05) is 36.8 Å². The lowest BCUT2D eigenvalue weighted by Crippen LogP contribution is -2.46. The largest absolute Gasteiger partial charge is 0.399 e. The number of para-hydroxylation sites is 1. The number of hydrogen-bond acceptors (Lipinski definition) is 4. The second-order valence-corrected chi connectivity index (χ2v) is 6.37. The third kappa shape index (κ3) is 3.19. The number of piperazine rings is 1. The summed E-state index contributed by atoms with van der Waals surface area (Å²) in [5, 5.41) is 1.20. The molecule has 2 N–H and O–H groups in total. The zero-order valence-corrected chi connectivity index (χ0v) is 13.7. The number of hydrogen-bond donors (Lipinski definition) is 1. The minimum absolute atomic E-state index is 0.839. The zero-order valence-electron chi connectivity index (χ0n) is 13.7. The van der Waals surface area contributed by atoms with Crippen LogP contribution in [-0.2, 0) is 6.54 Å². The summed E-state index contributed by atoms with van der Waals surface area (Å²) in [5.41, 5.74) is 9.06. The highest BCUT2D eigenvalue weighted by Crippen LogP contribution is 2.20. The molecule has 0 bridgehead atoms. The fraction of sp³-hybridized carbons (Fsp3) is 0.250. The average molecular weight is 318 g/mol. The van der Waals surface area contributed by atoms with E-state index >= 15 is 0 Å². The van der Waals surface area contributed by atoms with E-state index in [0.29, 0.717) is 0 Å². The first kappa shape index (κ1) is 15.0. The molecule has 1 aliphatic rings. The van der Waals surface area contributed by atoms with Gasteiger partial charge in [-0.25, -0.2) is 4.98 Å². The van der Waals surface area contributed by atoms with Crippen LogP contribution in [0.2, 0.25) is 0 Å². The van der Waals surface area contributed by atoms with E-state index < -0.39 is 0 Å². The van der Waals surface area contributed by atoms with E-state index in [9.17, 15) is 0 Å². The van der Waals surface area contributed by atoms with E-state index in [1.807, 2.05) is 18.2 Å². The van der Waals surface area contributed by atoms with Crippen LogP contribution in [0.3, 0.4) is 0 Å². The van der Waals surface area contributed by atoms with Crippen molar-refractivity contribution in [2.45, 2.75) is 6.54 Å². The molecule has 2 aromatic carbocycles. The topological polar surface area (TPSA) is 45.4 Å². The van der Waals surface area contributed by atoms with Crippen molar-refractivity contribution in [2.24, 2.45) is 0 Å². The molecule has 0 radical (unpaired) electrons. The smallest absolute Gasteiger partial charge is 0.129 e. The molecule has 3 aromatic rings. The molecular weight excluding hydrogens is 296 g/mol. The number of nitrogen functional groups attached to an aromatic ring is 1. The molecule has 4 rings (SSSR count). The van der Waals surface area contributed by atoms with Gasteiger partial charge in [-0.05, 0) is 35.9 Å². The fourth-order valence-electron chi connectivity index (χ4n) is 3.32. The van der Waals surface area contributed by atoms with Crippen LogP contribution in [0.25, 0.3) is 10.9 Å². The maximum absolute atomic E-state index is 5.87. The first-order valence-corrected chi connectivity index (χ1v) is 8.45. The molecule has 24 heavy (non-hydrogen) atoms. The quantitative estimate of drug-likeness (QED) is 0.754. The predicted octanol–water partition coefficient (Wildman–Crippen LogP) is 3.14. The number of pyridine rings is 1. The van der Waals surface area contributed by atoms with Gasteiger partial charge in [-0.2, -0.15) is 0 Å². The lowest BCUT2D eigenvalue weighted by molar-refractivity contribution is 0.249. The van der Waals surface area contributed by atoms with E-state index in [-0.39, 0.29) is 0 Å². The summed E-state index contributed by atoms with van der Waals surface area (Å²) in [6, 6.07) is 20.8. The van der Waals surface area contributed by atoms with Crippen LogP contribution >= 0.6 is 0 Å². The van der Waals surface area contributed by atoms with Gasteiger partial charge in [0.25, 0.3) is 0 Å². The van der Waals surface area contributed by atoms with Gasteiger partial charge in [0.2, 0.25) is 0 Å². The third-order valence-electron chi connectivity index (χ3n) is 4.64. The molecule has 2 heterocycles. The zero-order chi connectivity index (χ0) is 16.4. The minimum atomic E-state index is 0.839. The van der Waals surface area contributed by atoms with Crippen molar-refractivity contribution in [3.63, 3.8) is 0 Å². The van der Waals surface area contributed by atoms with Gasteiger partial charge in [0.05, 0.1) is 5.52 Å². The summed E-state index contributed by atoms with van der Waals surface area (Å²) < 4.78 is 0. The van der Waals surface area contributed by atoms with Crippen LogP contribution in [-0.4, -0.2) is 36.1 Å². The maximum Gasteiger partial charge on any atom is 0.129 e. The van der Waals surface area contributed by atoms with E-state index in [2.05, 4.69) is 52.3 Å². The molecule has 0 unspecified atom stereocenters.